The number of carboxylic acid groups (broad SMARTS) is 1. The third kappa shape index (κ3) is 2.08. The van der Waals surface area contributed by atoms with Gasteiger partial charge in [0.1, 0.15) is 6.26 Å². The minimum atomic E-state index is -1.12. The quantitative estimate of drug-likeness (QED) is 0.858. The van der Waals surface area contributed by atoms with E-state index in [1.54, 1.807) is 12.1 Å². The molecular weight excluding hydrogens is 248 g/mol. The summed E-state index contributed by atoms with van der Waals surface area (Å²) in [4.78, 5) is 25.9. The van der Waals surface area contributed by atoms with E-state index in [-0.39, 0.29) is 17.5 Å². The number of nitrogens with one attached hydrogen (secondary N) is 1. The number of nitrogens with zero attached hydrogens (tertiary/aromatic N) is 1. The van der Waals surface area contributed by atoms with Crippen LogP contribution in [0.3, 0.4) is 0 Å². The maximum absolute atomic E-state index is 11.3. The highest BCUT2D eigenvalue weighted by Crippen LogP contribution is 2.28. The second-order valence-electron chi connectivity index (χ2n) is 4.26. The van der Waals surface area contributed by atoms with Crippen LogP contribution in [0, 0.1) is 0 Å². The molecule has 0 saturated heterocycles. The molecule has 0 spiro atoms. The summed E-state index contributed by atoms with van der Waals surface area (Å²) >= 11 is 0. The monoisotopic (exact) mass is 258 g/mol. The Morgan fingerprint density at radius 2 is 2.21 bits per heavy atom. The van der Waals surface area contributed by atoms with Gasteiger partial charge < -0.3 is 14.8 Å². The SMILES string of the molecule is O=C1CCc2cc(-c3nc(C(=O)O)co3)ccc2N1. The Morgan fingerprint density at radius 1 is 1.37 bits per heavy atom. The third-order valence-corrected chi connectivity index (χ3v) is 2.97. The molecule has 1 aromatic carbocycles. The number of aromatic carboxylic acids is 1. The third-order valence-electron chi connectivity index (χ3n) is 2.97. The van der Waals surface area contributed by atoms with E-state index in [9.17, 15) is 9.59 Å². The van der Waals surface area contributed by atoms with Gasteiger partial charge in [0.25, 0.3) is 0 Å². The fourth-order valence-corrected chi connectivity index (χ4v) is 2.02. The van der Waals surface area contributed by atoms with Crippen molar-refractivity contribution in [1.82, 2.24) is 4.98 Å². The van der Waals surface area contributed by atoms with Gasteiger partial charge in [-0.1, -0.05) is 0 Å². The maximum atomic E-state index is 11.3. The van der Waals surface area contributed by atoms with Crippen LogP contribution in [0.25, 0.3) is 11.5 Å². The van der Waals surface area contributed by atoms with Crippen LogP contribution in [0.2, 0.25) is 0 Å². The molecule has 6 heteroatoms. The Labute approximate surface area is 108 Å². The minimum absolute atomic E-state index is 0.00420. The Hall–Kier alpha value is -2.63. The van der Waals surface area contributed by atoms with E-state index in [2.05, 4.69) is 10.3 Å². The average molecular weight is 258 g/mol. The predicted octanol–water partition coefficient (Wildman–Crippen LogP) is 1.92. The lowest BCUT2D eigenvalue weighted by Crippen LogP contribution is -2.18. The van der Waals surface area contributed by atoms with Crippen molar-refractivity contribution in [3.05, 3.63) is 35.7 Å². The van der Waals surface area contributed by atoms with E-state index in [0.717, 1.165) is 17.5 Å². The number of hydrogen-bond acceptors (Lipinski definition) is 4. The Bertz CT molecular complexity index is 675. The topological polar surface area (TPSA) is 92.4 Å². The fourth-order valence-electron chi connectivity index (χ4n) is 2.02. The van der Waals surface area contributed by atoms with Gasteiger partial charge in [-0.3, -0.25) is 4.79 Å². The van der Waals surface area contributed by atoms with Crippen LogP contribution in [0.4, 0.5) is 5.69 Å². The molecule has 19 heavy (non-hydrogen) atoms. The number of carbonyl (C=O) groups excluding carboxylic acids is 1. The van der Waals surface area contributed by atoms with Crippen LogP contribution in [0.1, 0.15) is 22.5 Å². The van der Waals surface area contributed by atoms with Crippen LogP contribution < -0.4 is 5.32 Å². The minimum Gasteiger partial charge on any atom is -0.476 e. The normalized spacial score (nSPS) is 13.8. The molecule has 6 nitrogen and oxygen atoms in total. The summed E-state index contributed by atoms with van der Waals surface area (Å²) in [6, 6.07) is 5.36. The Kier molecular flexibility index (Phi) is 2.56. The smallest absolute Gasteiger partial charge is 0.357 e. The lowest BCUT2D eigenvalue weighted by molar-refractivity contribution is -0.116. The van der Waals surface area contributed by atoms with Crippen LogP contribution in [-0.2, 0) is 11.2 Å². The van der Waals surface area contributed by atoms with Crippen molar-refractivity contribution >= 4 is 17.6 Å². The van der Waals surface area contributed by atoms with E-state index in [1.807, 2.05) is 6.07 Å². The molecule has 0 atom stereocenters. The van der Waals surface area contributed by atoms with Crippen LogP contribution in [0.5, 0.6) is 0 Å². The lowest BCUT2D eigenvalue weighted by atomic mass is 10.0. The standard InChI is InChI=1S/C13H10N2O4/c16-11-4-2-7-5-8(1-3-9(7)14-11)12-15-10(6-19-12)13(17)18/h1,3,5-6H,2,4H2,(H,14,16)(H,17,18). The lowest BCUT2D eigenvalue weighted by Gasteiger charge is -2.16. The van der Waals surface area contributed by atoms with Gasteiger partial charge in [-0.2, -0.15) is 0 Å². The van der Waals surface area contributed by atoms with E-state index >= 15 is 0 Å². The summed E-state index contributed by atoms with van der Waals surface area (Å²) in [5, 5.41) is 11.6. The van der Waals surface area contributed by atoms with Crippen molar-refractivity contribution in [2.24, 2.45) is 0 Å². The number of benzene rings is 1. The summed E-state index contributed by atoms with van der Waals surface area (Å²) in [5.41, 5.74) is 2.35. The molecule has 3 rings (SSSR count). The highest BCUT2D eigenvalue weighted by molar-refractivity contribution is 5.94. The molecule has 0 aliphatic carbocycles. The Balaban J connectivity index is 1.97. The summed E-state index contributed by atoms with van der Waals surface area (Å²) in [6.07, 6.45) is 2.21. The molecule has 1 aliphatic rings. The van der Waals surface area contributed by atoms with Gasteiger partial charge in [-0.25, -0.2) is 9.78 Å². The van der Waals surface area contributed by atoms with Crippen molar-refractivity contribution in [3.8, 4) is 11.5 Å². The number of aromatic nitrogens is 1. The zero-order chi connectivity index (χ0) is 13.4. The maximum Gasteiger partial charge on any atom is 0.357 e. The molecule has 0 unspecified atom stereocenters. The zero-order valence-corrected chi connectivity index (χ0v) is 9.84. The zero-order valence-electron chi connectivity index (χ0n) is 9.84. The van der Waals surface area contributed by atoms with Gasteiger partial charge in [-0.05, 0) is 30.2 Å². The van der Waals surface area contributed by atoms with Crippen molar-refractivity contribution in [3.63, 3.8) is 0 Å². The van der Waals surface area contributed by atoms with E-state index in [1.165, 1.54) is 0 Å². The van der Waals surface area contributed by atoms with E-state index in [0.29, 0.717) is 18.4 Å². The summed E-state index contributed by atoms with van der Waals surface area (Å²) < 4.78 is 5.14. The molecule has 1 amide bonds. The molecule has 0 bridgehead atoms. The molecule has 2 aromatic rings. The number of hydrogen-bond donors (Lipinski definition) is 2. The van der Waals surface area contributed by atoms with Crippen molar-refractivity contribution < 1.29 is 19.1 Å². The highest BCUT2D eigenvalue weighted by atomic mass is 16.4. The number of aryl methyl sites for hydroxylation is 1. The van der Waals surface area contributed by atoms with E-state index in [4.69, 9.17) is 9.52 Å². The first-order valence-electron chi connectivity index (χ1n) is 5.75. The van der Waals surface area contributed by atoms with Gasteiger partial charge in [0.15, 0.2) is 5.69 Å². The number of amides is 1. The second kappa shape index (κ2) is 4.24. The molecule has 1 aromatic heterocycles. The molecule has 1 aliphatic heterocycles. The van der Waals surface area contributed by atoms with Crippen LogP contribution >= 0.6 is 0 Å². The number of anilines is 1. The highest BCUT2D eigenvalue weighted by Gasteiger charge is 2.17. The molecule has 96 valence electrons. The fraction of sp³-hybridized carbons (Fsp3) is 0.154. The van der Waals surface area contributed by atoms with Gasteiger partial charge >= 0.3 is 5.97 Å². The molecule has 0 fully saturated rings. The van der Waals surface area contributed by atoms with Gasteiger partial charge in [0.05, 0.1) is 0 Å². The first-order valence-corrected chi connectivity index (χ1v) is 5.75. The summed E-state index contributed by atoms with van der Waals surface area (Å²) in [7, 11) is 0. The first-order chi connectivity index (χ1) is 9.13. The second-order valence-corrected chi connectivity index (χ2v) is 4.26. The summed E-state index contributed by atoms with van der Waals surface area (Å²) in [5.74, 6) is -0.859. The van der Waals surface area contributed by atoms with Crippen LogP contribution in [-0.4, -0.2) is 22.0 Å². The first kappa shape index (κ1) is 11.5. The van der Waals surface area contributed by atoms with E-state index < -0.39 is 5.97 Å². The van der Waals surface area contributed by atoms with Crippen molar-refractivity contribution in [1.29, 1.82) is 0 Å². The molecule has 0 saturated carbocycles. The van der Waals surface area contributed by atoms with Gasteiger partial charge in [0.2, 0.25) is 11.8 Å². The number of rotatable bonds is 2. The van der Waals surface area contributed by atoms with Crippen molar-refractivity contribution in [2.45, 2.75) is 12.8 Å². The Morgan fingerprint density at radius 3 is 2.95 bits per heavy atom. The molecule has 2 heterocycles. The van der Waals surface area contributed by atoms with Gasteiger partial charge in [0, 0.05) is 17.7 Å². The number of oxazole rings is 1. The molecule has 2 N–H and O–H groups in total. The molecule has 0 radical (unpaired) electrons. The predicted molar refractivity (Wildman–Crippen MR) is 65.8 cm³/mol. The molecular formula is C13H10N2O4. The number of carbonyl (C=O) groups is 2. The summed E-state index contributed by atoms with van der Waals surface area (Å²) in [6.45, 7) is 0. The average Bonchev–Trinajstić information content (AvgIpc) is 2.88. The van der Waals surface area contributed by atoms with Crippen LogP contribution in [0.15, 0.2) is 28.9 Å². The number of carboxylic acids is 1. The number of fused-ring (bicyclic) bond motifs is 1. The van der Waals surface area contributed by atoms with Crippen molar-refractivity contribution in [2.75, 3.05) is 5.32 Å². The largest absolute Gasteiger partial charge is 0.476 e. The van der Waals surface area contributed by atoms with Gasteiger partial charge in [-0.15, -0.1) is 0 Å².